The molecule has 2 rings (SSSR count). The Balaban J connectivity index is 1.78. The predicted molar refractivity (Wildman–Crippen MR) is 116 cm³/mol. The van der Waals surface area contributed by atoms with Crippen molar-refractivity contribution < 1.29 is 10.2 Å². The van der Waals surface area contributed by atoms with Gasteiger partial charge in [0.25, 0.3) is 0 Å². The molecule has 0 spiro atoms. The highest BCUT2D eigenvalue weighted by molar-refractivity contribution is 5.45. The van der Waals surface area contributed by atoms with E-state index < -0.39 is 0 Å². The molecule has 2 nitrogen and oxygen atoms in total. The van der Waals surface area contributed by atoms with Crippen LogP contribution in [0.3, 0.4) is 0 Å². The van der Waals surface area contributed by atoms with Crippen LogP contribution in [0.15, 0.2) is 12.1 Å². The highest BCUT2D eigenvalue weighted by Crippen LogP contribution is 2.49. The van der Waals surface area contributed by atoms with Crippen molar-refractivity contribution in [3.8, 4) is 11.5 Å². The van der Waals surface area contributed by atoms with Gasteiger partial charge < -0.3 is 10.2 Å². The van der Waals surface area contributed by atoms with E-state index >= 15 is 0 Å². The summed E-state index contributed by atoms with van der Waals surface area (Å²) < 4.78 is 0. The van der Waals surface area contributed by atoms with Crippen molar-refractivity contribution in [1.82, 2.24) is 0 Å². The molecule has 0 unspecified atom stereocenters. The molecule has 1 fully saturated rings. The number of aryl methyl sites for hydroxylation is 1. The van der Waals surface area contributed by atoms with E-state index in [4.69, 9.17) is 0 Å². The molecule has 0 amide bonds. The standard InChI is InChI=1S/C25H42O2/c1-5-24(2,3)14-10-7-9-13-22-20(18-21(26)19-23(22)27)12-8-6-11-15-25(4)16-17-25/h18-19,26-27H,5-17H2,1-4H3. The third-order valence-corrected chi connectivity index (χ3v) is 6.87. The lowest BCUT2D eigenvalue weighted by Crippen LogP contribution is -2.08. The molecule has 154 valence electrons. The van der Waals surface area contributed by atoms with E-state index in [2.05, 4.69) is 27.7 Å². The quantitative estimate of drug-likeness (QED) is 0.350. The van der Waals surface area contributed by atoms with Crippen molar-refractivity contribution >= 4 is 0 Å². The molecule has 1 aromatic carbocycles. The first-order chi connectivity index (χ1) is 12.7. The van der Waals surface area contributed by atoms with Gasteiger partial charge in [-0.3, -0.25) is 0 Å². The van der Waals surface area contributed by atoms with Gasteiger partial charge in [0.1, 0.15) is 11.5 Å². The van der Waals surface area contributed by atoms with Crippen molar-refractivity contribution in [3.05, 3.63) is 23.3 Å². The zero-order valence-electron chi connectivity index (χ0n) is 18.2. The normalized spacial score (nSPS) is 15.9. The first kappa shape index (κ1) is 22.1. The number of unbranched alkanes of at least 4 members (excludes halogenated alkanes) is 4. The molecule has 0 atom stereocenters. The summed E-state index contributed by atoms with van der Waals surface area (Å²) in [5, 5.41) is 20.3. The molecule has 2 heteroatoms. The number of hydrogen-bond donors (Lipinski definition) is 2. The second-order valence-corrected chi connectivity index (χ2v) is 10.1. The van der Waals surface area contributed by atoms with Crippen LogP contribution in [0.5, 0.6) is 11.5 Å². The molecule has 1 aromatic rings. The fourth-order valence-corrected chi connectivity index (χ4v) is 3.98. The summed E-state index contributed by atoms with van der Waals surface area (Å²) in [4.78, 5) is 0. The Hall–Kier alpha value is -1.18. The minimum absolute atomic E-state index is 0.196. The van der Waals surface area contributed by atoms with Crippen LogP contribution in [0.2, 0.25) is 0 Å². The fourth-order valence-electron chi connectivity index (χ4n) is 3.98. The molecule has 1 aliphatic carbocycles. The Morgan fingerprint density at radius 3 is 2.26 bits per heavy atom. The molecule has 0 heterocycles. The highest BCUT2D eigenvalue weighted by atomic mass is 16.3. The molecule has 0 radical (unpaired) electrons. The Kier molecular flexibility index (Phi) is 8.06. The molecule has 0 saturated heterocycles. The minimum Gasteiger partial charge on any atom is -0.508 e. The molecular weight excluding hydrogens is 332 g/mol. The monoisotopic (exact) mass is 374 g/mol. The topological polar surface area (TPSA) is 40.5 Å². The molecule has 0 aliphatic heterocycles. The zero-order valence-corrected chi connectivity index (χ0v) is 18.2. The van der Waals surface area contributed by atoms with Gasteiger partial charge in [-0.05, 0) is 79.4 Å². The zero-order chi connectivity index (χ0) is 19.9. The van der Waals surface area contributed by atoms with Gasteiger partial charge in [0.05, 0.1) is 0 Å². The number of hydrogen-bond acceptors (Lipinski definition) is 2. The van der Waals surface area contributed by atoms with Gasteiger partial charge in [0.15, 0.2) is 0 Å². The smallest absolute Gasteiger partial charge is 0.122 e. The van der Waals surface area contributed by atoms with Crippen LogP contribution in [0, 0.1) is 10.8 Å². The van der Waals surface area contributed by atoms with E-state index in [9.17, 15) is 10.2 Å². The van der Waals surface area contributed by atoms with Gasteiger partial charge >= 0.3 is 0 Å². The van der Waals surface area contributed by atoms with Crippen molar-refractivity contribution in [2.24, 2.45) is 10.8 Å². The summed E-state index contributed by atoms with van der Waals surface area (Å²) >= 11 is 0. The third-order valence-electron chi connectivity index (χ3n) is 6.87. The van der Waals surface area contributed by atoms with Crippen LogP contribution in [-0.2, 0) is 12.8 Å². The number of benzene rings is 1. The minimum atomic E-state index is 0.196. The Morgan fingerprint density at radius 2 is 1.59 bits per heavy atom. The number of phenolic OH excluding ortho intramolecular Hbond substituents is 2. The number of phenols is 2. The first-order valence-corrected chi connectivity index (χ1v) is 11.3. The second-order valence-electron chi connectivity index (χ2n) is 10.1. The third kappa shape index (κ3) is 7.76. The van der Waals surface area contributed by atoms with E-state index in [0.29, 0.717) is 10.8 Å². The summed E-state index contributed by atoms with van der Waals surface area (Å²) in [6.07, 6.45) is 15.9. The van der Waals surface area contributed by atoms with E-state index in [1.807, 2.05) is 6.07 Å². The summed E-state index contributed by atoms with van der Waals surface area (Å²) in [6.45, 7) is 9.37. The second kappa shape index (κ2) is 9.85. The van der Waals surface area contributed by atoms with Gasteiger partial charge in [0, 0.05) is 6.07 Å². The van der Waals surface area contributed by atoms with Crippen LogP contribution < -0.4 is 0 Å². The lowest BCUT2D eigenvalue weighted by molar-refractivity contribution is 0.308. The maximum atomic E-state index is 10.4. The average molecular weight is 375 g/mol. The Morgan fingerprint density at radius 1 is 0.926 bits per heavy atom. The fraction of sp³-hybridized carbons (Fsp3) is 0.760. The molecule has 2 N–H and O–H groups in total. The van der Waals surface area contributed by atoms with Crippen LogP contribution in [-0.4, -0.2) is 10.2 Å². The molecule has 0 aromatic heterocycles. The number of rotatable bonds is 13. The summed E-state index contributed by atoms with van der Waals surface area (Å²) in [6, 6.07) is 3.38. The van der Waals surface area contributed by atoms with Crippen molar-refractivity contribution in [2.75, 3.05) is 0 Å². The largest absolute Gasteiger partial charge is 0.508 e. The molecule has 27 heavy (non-hydrogen) atoms. The Labute approximate surface area is 167 Å². The summed E-state index contributed by atoms with van der Waals surface area (Å²) in [5.74, 6) is 0.478. The molecular formula is C25H42O2. The average Bonchev–Trinajstić information content (AvgIpc) is 3.33. The molecule has 1 aliphatic rings. The molecule has 0 bridgehead atoms. The van der Waals surface area contributed by atoms with Gasteiger partial charge in [-0.1, -0.05) is 59.8 Å². The highest BCUT2D eigenvalue weighted by Gasteiger charge is 2.35. The van der Waals surface area contributed by atoms with E-state index in [-0.39, 0.29) is 11.5 Å². The van der Waals surface area contributed by atoms with Gasteiger partial charge in [-0.2, -0.15) is 0 Å². The SMILES string of the molecule is CCC(C)(C)CCCCCc1c(O)cc(O)cc1CCCCCC1(C)CC1. The first-order valence-electron chi connectivity index (χ1n) is 11.3. The van der Waals surface area contributed by atoms with Gasteiger partial charge in [-0.15, -0.1) is 0 Å². The van der Waals surface area contributed by atoms with Crippen LogP contribution in [0.25, 0.3) is 0 Å². The van der Waals surface area contributed by atoms with E-state index in [1.165, 1.54) is 63.9 Å². The molecule has 1 saturated carbocycles. The van der Waals surface area contributed by atoms with Crippen LogP contribution in [0.1, 0.15) is 109 Å². The summed E-state index contributed by atoms with van der Waals surface area (Å²) in [7, 11) is 0. The van der Waals surface area contributed by atoms with E-state index in [0.717, 1.165) is 36.8 Å². The summed E-state index contributed by atoms with van der Waals surface area (Å²) in [5.41, 5.74) is 3.32. The van der Waals surface area contributed by atoms with Gasteiger partial charge in [0.2, 0.25) is 0 Å². The van der Waals surface area contributed by atoms with Crippen LogP contribution >= 0.6 is 0 Å². The lowest BCUT2D eigenvalue weighted by Gasteiger charge is -2.22. The lowest BCUT2D eigenvalue weighted by atomic mass is 9.84. The predicted octanol–water partition coefficient (Wildman–Crippen LogP) is 7.54. The van der Waals surface area contributed by atoms with Crippen molar-refractivity contribution in [3.63, 3.8) is 0 Å². The van der Waals surface area contributed by atoms with E-state index in [1.54, 1.807) is 0 Å². The Bertz CT molecular complexity index is 584. The van der Waals surface area contributed by atoms with Crippen LogP contribution in [0.4, 0.5) is 0 Å². The van der Waals surface area contributed by atoms with Crippen molar-refractivity contribution in [1.29, 1.82) is 0 Å². The van der Waals surface area contributed by atoms with Gasteiger partial charge in [-0.25, -0.2) is 0 Å². The number of aromatic hydroxyl groups is 2. The maximum absolute atomic E-state index is 10.4. The maximum Gasteiger partial charge on any atom is 0.122 e. The van der Waals surface area contributed by atoms with Crippen molar-refractivity contribution in [2.45, 2.75) is 111 Å².